The summed E-state index contributed by atoms with van der Waals surface area (Å²) in [7, 11) is 0. The summed E-state index contributed by atoms with van der Waals surface area (Å²) in [6, 6.07) is 0. The van der Waals surface area contributed by atoms with Crippen molar-refractivity contribution in [3.8, 4) is 0 Å². The smallest absolute Gasteiger partial charge is 0.146 e. The van der Waals surface area contributed by atoms with Crippen molar-refractivity contribution in [2.45, 2.75) is 31.3 Å². The first-order valence-electron chi connectivity index (χ1n) is 4.19. The molecule has 0 radical (unpaired) electrons. The third-order valence-corrected chi connectivity index (χ3v) is 4.05. The van der Waals surface area contributed by atoms with Crippen LogP contribution in [0.15, 0.2) is 6.20 Å². The van der Waals surface area contributed by atoms with E-state index in [-0.39, 0.29) is 4.75 Å². The molecule has 0 aliphatic heterocycles. The third kappa shape index (κ3) is 4.31. The Morgan fingerprint density at radius 1 is 1.50 bits per heavy atom. The molecule has 0 bridgehead atoms. The lowest BCUT2D eigenvalue weighted by atomic mass is 10.3. The summed E-state index contributed by atoms with van der Waals surface area (Å²) in [6.07, 6.45) is 1.76. The SMILES string of the molecule is CC(C)(C)SCc1ncc(I)c(Cl)n1. The molecule has 0 aliphatic carbocycles. The minimum atomic E-state index is 0.235. The molecule has 14 heavy (non-hydrogen) atoms. The molecule has 0 saturated heterocycles. The van der Waals surface area contributed by atoms with Gasteiger partial charge in [-0.15, -0.1) is 11.8 Å². The van der Waals surface area contributed by atoms with Crippen LogP contribution in [-0.2, 0) is 5.75 Å². The summed E-state index contributed by atoms with van der Waals surface area (Å²) in [6.45, 7) is 6.52. The maximum absolute atomic E-state index is 5.90. The van der Waals surface area contributed by atoms with E-state index in [1.54, 1.807) is 6.20 Å². The van der Waals surface area contributed by atoms with Gasteiger partial charge in [0.25, 0.3) is 0 Å². The number of aromatic nitrogens is 2. The highest BCUT2D eigenvalue weighted by atomic mass is 127. The molecule has 78 valence electrons. The van der Waals surface area contributed by atoms with Gasteiger partial charge in [0.2, 0.25) is 0 Å². The Bertz CT molecular complexity index is 325. The average molecular weight is 343 g/mol. The van der Waals surface area contributed by atoms with Gasteiger partial charge in [-0.1, -0.05) is 32.4 Å². The van der Waals surface area contributed by atoms with Gasteiger partial charge < -0.3 is 0 Å². The van der Waals surface area contributed by atoms with E-state index in [4.69, 9.17) is 11.6 Å². The van der Waals surface area contributed by atoms with Crippen molar-refractivity contribution in [3.63, 3.8) is 0 Å². The molecule has 0 aliphatic rings. The molecule has 1 aromatic rings. The quantitative estimate of drug-likeness (QED) is 0.604. The Hall–Kier alpha value is 0.450. The van der Waals surface area contributed by atoms with Crippen LogP contribution < -0.4 is 0 Å². The topological polar surface area (TPSA) is 25.8 Å². The van der Waals surface area contributed by atoms with Crippen molar-refractivity contribution in [3.05, 3.63) is 20.7 Å². The van der Waals surface area contributed by atoms with Crippen LogP contribution in [0.25, 0.3) is 0 Å². The molecule has 0 N–H and O–H groups in total. The Morgan fingerprint density at radius 2 is 2.14 bits per heavy atom. The molecule has 0 unspecified atom stereocenters. The van der Waals surface area contributed by atoms with Crippen molar-refractivity contribution >= 4 is 46.0 Å². The lowest BCUT2D eigenvalue weighted by Crippen LogP contribution is -2.08. The second-order valence-corrected chi connectivity index (χ2v) is 7.15. The van der Waals surface area contributed by atoms with E-state index in [2.05, 4.69) is 53.3 Å². The van der Waals surface area contributed by atoms with Crippen LogP contribution in [-0.4, -0.2) is 14.7 Å². The Kier molecular flexibility index (Phi) is 4.46. The number of hydrogen-bond donors (Lipinski definition) is 0. The Labute approximate surface area is 107 Å². The van der Waals surface area contributed by atoms with Gasteiger partial charge in [-0.2, -0.15) is 0 Å². The van der Waals surface area contributed by atoms with Gasteiger partial charge >= 0.3 is 0 Å². The normalized spacial score (nSPS) is 11.8. The Balaban J connectivity index is 2.65. The maximum Gasteiger partial charge on any atom is 0.146 e. The molecular weight excluding hydrogens is 331 g/mol. The molecule has 0 atom stereocenters. The van der Waals surface area contributed by atoms with Crippen molar-refractivity contribution in [2.24, 2.45) is 0 Å². The van der Waals surface area contributed by atoms with Crippen LogP contribution in [0.2, 0.25) is 5.15 Å². The summed E-state index contributed by atoms with van der Waals surface area (Å²) in [5.74, 6) is 1.61. The first kappa shape index (κ1) is 12.5. The first-order chi connectivity index (χ1) is 6.38. The molecular formula is C9H12ClIN2S. The van der Waals surface area contributed by atoms with Crippen LogP contribution in [0.1, 0.15) is 26.6 Å². The summed E-state index contributed by atoms with van der Waals surface area (Å²) in [5.41, 5.74) is 0. The zero-order valence-electron chi connectivity index (χ0n) is 8.34. The second kappa shape index (κ2) is 4.99. The molecule has 2 nitrogen and oxygen atoms in total. The van der Waals surface area contributed by atoms with Gasteiger partial charge in [0, 0.05) is 10.9 Å². The molecule has 1 rings (SSSR count). The number of rotatable bonds is 2. The number of nitrogens with zero attached hydrogens (tertiary/aromatic N) is 2. The average Bonchev–Trinajstić information content (AvgIpc) is 2.06. The van der Waals surface area contributed by atoms with Crippen LogP contribution in [0.5, 0.6) is 0 Å². The molecule has 1 aromatic heterocycles. The van der Waals surface area contributed by atoms with Gasteiger partial charge in [0.1, 0.15) is 11.0 Å². The van der Waals surface area contributed by atoms with Crippen molar-refractivity contribution in [1.29, 1.82) is 0 Å². The van der Waals surface area contributed by atoms with E-state index in [1.807, 2.05) is 11.8 Å². The highest BCUT2D eigenvalue weighted by Crippen LogP contribution is 2.26. The van der Waals surface area contributed by atoms with Gasteiger partial charge in [-0.25, -0.2) is 9.97 Å². The van der Waals surface area contributed by atoms with Crippen molar-refractivity contribution in [2.75, 3.05) is 0 Å². The highest BCUT2D eigenvalue weighted by molar-refractivity contribution is 14.1. The predicted octanol–water partition coefficient (Wildman–Crippen LogP) is 3.77. The third-order valence-electron chi connectivity index (χ3n) is 1.39. The molecule has 0 spiro atoms. The zero-order chi connectivity index (χ0) is 10.8. The van der Waals surface area contributed by atoms with E-state index < -0.39 is 0 Å². The van der Waals surface area contributed by atoms with Crippen LogP contribution in [0, 0.1) is 3.57 Å². The lowest BCUT2D eigenvalue weighted by Gasteiger charge is -2.16. The number of hydrogen-bond acceptors (Lipinski definition) is 3. The molecule has 0 amide bonds. The summed E-state index contributed by atoms with van der Waals surface area (Å²) in [5, 5.41) is 0.546. The molecule has 1 heterocycles. The van der Waals surface area contributed by atoms with Crippen molar-refractivity contribution < 1.29 is 0 Å². The van der Waals surface area contributed by atoms with Crippen LogP contribution in [0.4, 0.5) is 0 Å². The van der Waals surface area contributed by atoms with E-state index in [0.717, 1.165) is 15.1 Å². The van der Waals surface area contributed by atoms with Crippen molar-refractivity contribution in [1.82, 2.24) is 9.97 Å². The van der Waals surface area contributed by atoms with Gasteiger partial charge in [-0.05, 0) is 22.6 Å². The standard InChI is InChI=1S/C9H12ClIN2S/c1-9(2,3)14-5-7-12-4-6(11)8(10)13-7/h4H,5H2,1-3H3. The summed E-state index contributed by atoms with van der Waals surface area (Å²) in [4.78, 5) is 8.42. The number of thioether (sulfide) groups is 1. The molecule has 0 fully saturated rings. The van der Waals surface area contributed by atoms with Crippen LogP contribution >= 0.6 is 46.0 Å². The fourth-order valence-electron chi connectivity index (χ4n) is 0.731. The largest absolute Gasteiger partial charge is 0.239 e. The summed E-state index contributed by atoms with van der Waals surface area (Å²) >= 11 is 9.83. The van der Waals surface area contributed by atoms with Crippen LogP contribution in [0.3, 0.4) is 0 Å². The van der Waals surface area contributed by atoms with Gasteiger partial charge in [0.15, 0.2) is 0 Å². The minimum absolute atomic E-state index is 0.235. The molecule has 5 heteroatoms. The van der Waals surface area contributed by atoms with Gasteiger partial charge in [-0.3, -0.25) is 0 Å². The lowest BCUT2D eigenvalue weighted by molar-refractivity contribution is 0.800. The monoisotopic (exact) mass is 342 g/mol. The van der Waals surface area contributed by atoms with E-state index in [0.29, 0.717) is 5.15 Å². The number of halogens is 2. The van der Waals surface area contributed by atoms with E-state index >= 15 is 0 Å². The Morgan fingerprint density at radius 3 is 2.64 bits per heavy atom. The fourth-order valence-corrected chi connectivity index (χ4v) is 1.84. The van der Waals surface area contributed by atoms with Gasteiger partial charge in [0.05, 0.1) is 9.32 Å². The highest BCUT2D eigenvalue weighted by Gasteiger charge is 2.12. The minimum Gasteiger partial charge on any atom is -0.239 e. The predicted molar refractivity (Wildman–Crippen MR) is 70.8 cm³/mol. The molecule has 0 saturated carbocycles. The van der Waals surface area contributed by atoms with E-state index in [9.17, 15) is 0 Å². The first-order valence-corrected chi connectivity index (χ1v) is 6.63. The molecule has 0 aromatic carbocycles. The summed E-state index contributed by atoms with van der Waals surface area (Å²) < 4.78 is 1.13. The van der Waals surface area contributed by atoms with E-state index in [1.165, 1.54) is 0 Å². The second-order valence-electron chi connectivity index (χ2n) is 3.83. The fraction of sp³-hybridized carbons (Fsp3) is 0.556. The zero-order valence-corrected chi connectivity index (χ0v) is 12.1. The maximum atomic E-state index is 5.90.